The Morgan fingerprint density at radius 2 is 1.18 bits per heavy atom. The van der Waals surface area contributed by atoms with Crippen molar-refractivity contribution < 1.29 is 4.57 Å². The molecular weight excluding hydrogens is 251 g/mol. The number of benzene rings is 2. The lowest BCUT2D eigenvalue weighted by Crippen LogP contribution is -1.99. The highest BCUT2D eigenvalue weighted by molar-refractivity contribution is 7.24. The van der Waals surface area contributed by atoms with Gasteiger partial charge < -0.3 is 0 Å². The number of hydrogen-bond acceptors (Lipinski definition) is 3. The van der Waals surface area contributed by atoms with Crippen molar-refractivity contribution >= 4 is 40.6 Å². The highest BCUT2D eigenvalue weighted by Crippen LogP contribution is 2.23. The van der Waals surface area contributed by atoms with Crippen molar-refractivity contribution in [2.45, 2.75) is 0 Å². The highest BCUT2D eigenvalue weighted by atomic mass is 32.1. The average Bonchev–Trinajstić information content (AvgIpc) is 2.41. The minimum Gasteiger partial charge on any atom is -0.289 e. The summed E-state index contributed by atoms with van der Waals surface area (Å²) in [6.45, 7) is 0. The van der Waals surface area contributed by atoms with Crippen LogP contribution in [-0.4, -0.2) is 0 Å². The van der Waals surface area contributed by atoms with Crippen LogP contribution in [0.3, 0.4) is 0 Å². The first kappa shape index (κ1) is 11.9. The maximum Gasteiger partial charge on any atom is 0.195 e. The van der Waals surface area contributed by atoms with Gasteiger partial charge in [0.25, 0.3) is 0 Å². The highest BCUT2D eigenvalue weighted by Gasteiger charge is 2.03. The van der Waals surface area contributed by atoms with Gasteiger partial charge in [-0.05, 0) is 24.3 Å². The van der Waals surface area contributed by atoms with E-state index in [9.17, 15) is 4.79 Å². The van der Waals surface area contributed by atoms with Gasteiger partial charge in [-0.1, -0.05) is 24.3 Å². The molecule has 0 saturated carbocycles. The molecule has 0 aliphatic heterocycles. The quantitative estimate of drug-likeness (QED) is 0.454. The second kappa shape index (κ2) is 5.17. The van der Waals surface area contributed by atoms with Crippen molar-refractivity contribution in [2.75, 3.05) is 0 Å². The van der Waals surface area contributed by atoms with Crippen LogP contribution in [-0.2, 0) is 4.57 Å². The Morgan fingerprint density at radius 1 is 0.765 bits per heavy atom. The van der Waals surface area contributed by atoms with Crippen LogP contribution in [0.4, 0.5) is 0 Å². The number of hydrogen-bond donors (Lipinski definition) is 0. The van der Waals surface area contributed by atoms with Crippen molar-refractivity contribution in [3.05, 3.63) is 58.8 Å². The normalized spacial score (nSPS) is 9.88. The lowest BCUT2D eigenvalue weighted by atomic mass is 10.2. The van der Waals surface area contributed by atoms with Gasteiger partial charge in [-0.3, -0.25) is 9.36 Å². The molecule has 2 nitrogen and oxygen atoms in total. The predicted molar refractivity (Wildman–Crippen MR) is 74.6 cm³/mol. The molecule has 0 spiro atoms. The van der Waals surface area contributed by atoms with Crippen molar-refractivity contribution in [1.82, 2.24) is 0 Å². The van der Waals surface area contributed by atoms with Crippen molar-refractivity contribution in [3.8, 4) is 0 Å². The first-order valence-corrected chi connectivity index (χ1v) is 6.20. The molecule has 0 atom stereocenters. The Balaban J connectivity index is 0.000000514. The molecule has 0 aliphatic rings. The van der Waals surface area contributed by atoms with E-state index in [4.69, 9.17) is 4.57 Å². The number of rotatable bonds is 0. The zero-order chi connectivity index (χ0) is 12.3. The third-order valence-corrected chi connectivity index (χ3v) is 3.64. The topological polar surface area (TPSA) is 34.1 Å². The van der Waals surface area contributed by atoms with Gasteiger partial charge in [0.15, 0.2) is 5.43 Å². The largest absolute Gasteiger partial charge is 0.289 e. The van der Waals surface area contributed by atoms with Gasteiger partial charge in [0.05, 0.1) is 0 Å². The summed E-state index contributed by atoms with van der Waals surface area (Å²) in [5.74, 6) is 0. The van der Waals surface area contributed by atoms with Crippen LogP contribution in [0, 0.1) is 0 Å². The standard InChI is InChI=1S/C13H8OS.HOP/c14-13-9-5-1-3-7-11(9)15-12-8-4-2-6-10(12)13;1-2/h1-8H;2H. The first-order chi connectivity index (χ1) is 8.36. The minimum absolute atomic E-state index is 0.139. The van der Waals surface area contributed by atoms with Crippen LogP contribution in [0.15, 0.2) is 53.3 Å². The Bertz CT molecular complexity index is 664. The molecule has 0 radical (unpaired) electrons. The summed E-state index contributed by atoms with van der Waals surface area (Å²) in [5.41, 5.74) is 0.139. The second-order valence-electron chi connectivity index (χ2n) is 3.42. The van der Waals surface area contributed by atoms with E-state index in [1.807, 2.05) is 48.5 Å². The Hall–Kier alpha value is -1.57. The fraction of sp³-hybridized carbons (Fsp3) is 0. The minimum atomic E-state index is 0.139. The molecule has 1 aromatic heterocycles. The molecule has 0 saturated heterocycles. The van der Waals surface area contributed by atoms with E-state index in [0.717, 1.165) is 20.2 Å². The fourth-order valence-corrected chi connectivity index (χ4v) is 2.82. The molecule has 4 heteroatoms. The molecule has 1 heterocycles. The average molecular weight is 260 g/mol. The van der Waals surface area contributed by atoms with E-state index >= 15 is 0 Å². The maximum atomic E-state index is 12.1. The zero-order valence-corrected chi connectivity index (χ0v) is 10.7. The number of fused-ring (bicyclic) bond motifs is 2. The summed E-state index contributed by atoms with van der Waals surface area (Å²) in [4.78, 5) is 12.1. The van der Waals surface area contributed by atoms with Crippen LogP contribution in [0.25, 0.3) is 20.2 Å². The van der Waals surface area contributed by atoms with Gasteiger partial charge in [0, 0.05) is 20.2 Å². The van der Waals surface area contributed by atoms with Gasteiger partial charge in [0.2, 0.25) is 0 Å². The molecule has 17 heavy (non-hydrogen) atoms. The molecule has 3 rings (SSSR count). The van der Waals surface area contributed by atoms with Crippen LogP contribution in [0.2, 0.25) is 0 Å². The SMILES string of the molecule is O=P.O=c1c2ccccc2sc2ccccc12. The van der Waals surface area contributed by atoms with E-state index in [1.54, 1.807) is 20.5 Å². The Morgan fingerprint density at radius 3 is 1.65 bits per heavy atom. The fourth-order valence-electron chi connectivity index (χ4n) is 1.75. The van der Waals surface area contributed by atoms with Crippen molar-refractivity contribution in [1.29, 1.82) is 0 Å². The summed E-state index contributed by atoms with van der Waals surface area (Å²) >= 11 is 1.67. The van der Waals surface area contributed by atoms with E-state index in [0.29, 0.717) is 0 Å². The second-order valence-corrected chi connectivity index (χ2v) is 4.51. The van der Waals surface area contributed by atoms with E-state index in [1.165, 1.54) is 0 Å². The van der Waals surface area contributed by atoms with Crippen molar-refractivity contribution in [3.63, 3.8) is 0 Å². The zero-order valence-electron chi connectivity index (χ0n) is 8.84. The lowest BCUT2D eigenvalue weighted by Gasteiger charge is -1.99. The van der Waals surface area contributed by atoms with Gasteiger partial charge in [-0.25, -0.2) is 0 Å². The lowest BCUT2D eigenvalue weighted by molar-refractivity contribution is 0.607. The molecule has 0 aliphatic carbocycles. The maximum absolute atomic E-state index is 12.1. The molecule has 0 bridgehead atoms. The van der Waals surface area contributed by atoms with E-state index in [2.05, 4.69) is 0 Å². The van der Waals surface area contributed by atoms with Crippen LogP contribution in [0.1, 0.15) is 0 Å². The molecule has 0 unspecified atom stereocenters. The van der Waals surface area contributed by atoms with E-state index < -0.39 is 0 Å². The van der Waals surface area contributed by atoms with Crippen LogP contribution in [0.5, 0.6) is 0 Å². The smallest absolute Gasteiger partial charge is 0.195 e. The van der Waals surface area contributed by atoms with Gasteiger partial charge in [-0.15, -0.1) is 11.3 Å². The summed E-state index contributed by atoms with van der Waals surface area (Å²) in [6, 6.07) is 15.5. The summed E-state index contributed by atoms with van der Waals surface area (Å²) in [5, 5.41) is 1.64. The van der Waals surface area contributed by atoms with E-state index in [-0.39, 0.29) is 5.43 Å². The Kier molecular flexibility index (Phi) is 3.62. The molecular formula is C13H9O2PS. The van der Waals surface area contributed by atoms with Crippen LogP contribution < -0.4 is 5.43 Å². The molecule has 0 amide bonds. The predicted octanol–water partition coefficient (Wildman–Crippen LogP) is 3.89. The Labute approximate surface area is 104 Å². The van der Waals surface area contributed by atoms with Gasteiger partial charge >= 0.3 is 0 Å². The molecule has 2 aromatic carbocycles. The molecule has 3 aromatic rings. The molecule has 0 N–H and O–H groups in total. The summed E-state index contributed by atoms with van der Waals surface area (Å²) in [7, 11) is 1.72. The van der Waals surface area contributed by atoms with Gasteiger partial charge in [0.1, 0.15) is 9.12 Å². The third-order valence-electron chi connectivity index (χ3n) is 2.48. The monoisotopic (exact) mass is 260 g/mol. The molecule has 0 fully saturated rings. The first-order valence-electron chi connectivity index (χ1n) is 4.97. The summed E-state index contributed by atoms with van der Waals surface area (Å²) < 4.78 is 10.2. The van der Waals surface area contributed by atoms with Crippen LogP contribution >= 0.6 is 20.5 Å². The molecule has 84 valence electrons. The van der Waals surface area contributed by atoms with Gasteiger partial charge in [-0.2, -0.15) is 0 Å². The van der Waals surface area contributed by atoms with Crippen molar-refractivity contribution in [2.24, 2.45) is 0 Å². The third kappa shape index (κ3) is 2.12. The summed E-state index contributed by atoms with van der Waals surface area (Å²) in [6.07, 6.45) is 0.